The molecule has 2 fully saturated rings. The lowest BCUT2D eigenvalue weighted by atomic mass is 9.90. The van der Waals surface area contributed by atoms with E-state index in [1.165, 1.54) is 0 Å². The van der Waals surface area contributed by atoms with Gasteiger partial charge < -0.3 is 9.63 Å². The zero-order chi connectivity index (χ0) is 16.7. The second kappa shape index (κ2) is 5.93. The highest BCUT2D eigenvalue weighted by atomic mass is 16.5. The fourth-order valence-corrected chi connectivity index (χ4v) is 3.24. The summed E-state index contributed by atoms with van der Waals surface area (Å²) in [6, 6.07) is 0.230. The minimum absolute atomic E-state index is 0.230. The standard InChI is InChI=1S/C16H24N6O2/c1-11(2)22-8-13(18-20-22)16(23)6-3-7-21(10-16)9-14-17-15(19-24-14)12-4-5-12/h8,11-12,23H,3-7,9-10H2,1-2H3. The fraction of sp³-hybridized carbons (Fsp3) is 0.750. The van der Waals surface area contributed by atoms with Crippen molar-refractivity contribution in [2.24, 2.45) is 0 Å². The molecular weight excluding hydrogens is 308 g/mol. The van der Waals surface area contributed by atoms with Crippen molar-refractivity contribution in [1.29, 1.82) is 0 Å². The van der Waals surface area contributed by atoms with Crippen LogP contribution in [0, 0.1) is 0 Å². The van der Waals surface area contributed by atoms with Crippen LogP contribution in [0.1, 0.15) is 68.9 Å². The lowest BCUT2D eigenvalue weighted by Gasteiger charge is -2.37. The van der Waals surface area contributed by atoms with Crippen LogP contribution in [0.4, 0.5) is 0 Å². The van der Waals surface area contributed by atoms with E-state index in [1.54, 1.807) is 4.68 Å². The van der Waals surface area contributed by atoms with Crippen molar-refractivity contribution < 1.29 is 9.63 Å². The molecule has 130 valence electrons. The van der Waals surface area contributed by atoms with E-state index in [0.717, 1.165) is 31.6 Å². The molecule has 4 rings (SSSR count). The van der Waals surface area contributed by atoms with Gasteiger partial charge in [-0.2, -0.15) is 4.98 Å². The topological polar surface area (TPSA) is 93.1 Å². The lowest BCUT2D eigenvalue weighted by molar-refractivity contribution is -0.0436. The summed E-state index contributed by atoms with van der Waals surface area (Å²) in [5.41, 5.74) is -0.324. The van der Waals surface area contributed by atoms with Crippen LogP contribution in [0.2, 0.25) is 0 Å². The molecule has 1 saturated heterocycles. The van der Waals surface area contributed by atoms with E-state index in [9.17, 15) is 5.11 Å². The van der Waals surface area contributed by atoms with Crippen molar-refractivity contribution in [1.82, 2.24) is 30.0 Å². The average Bonchev–Trinajstić information content (AvgIpc) is 3.08. The van der Waals surface area contributed by atoms with Crippen LogP contribution < -0.4 is 0 Å². The van der Waals surface area contributed by atoms with Gasteiger partial charge in [-0.05, 0) is 46.1 Å². The van der Waals surface area contributed by atoms with Gasteiger partial charge in [-0.3, -0.25) is 4.90 Å². The number of rotatable bonds is 5. The summed E-state index contributed by atoms with van der Waals surface area (Å²) < 4.78 is 7.15. The Morgan fingerprint density at radius 3 is 2.96 bits per heavy atom. The smallest absolute Gasteiger partial charge is 0.240 e. The minimum Gasteiger partial charge on any atom is -0.382 e. The summed E-state index contributed by atoms with van der Waals surface area (Å²) in [4.78, 5) is 6.64. The first-order valence-corrected chi connectivity index (χ1v) is 8.73. The first kappa shape index (κ1) is 15.7. The number of hydrogen-bond acceptors (Lipinski definition) is 7. The molecule has 1 saturated carbocycles. The zero-order valence-electron chi connectivity index (χ0n) is 14.2. The van der Waals surface area contributed by atoms with Gasteiger partial charge in [0.15, 0.2) is 5.82 Å². The van der Waals surface area contributed by atoms with Gasteiger partial charge in [0.1, 0.15) is 11.3 Å². The maximum atomic E-state index is 11.1. The Labute approximate surface area is 140 Å². The fourth-order valence-electron chi connectivity index (χ4n) is 3.24. The van der Waals surface area contributed by atoms with Crippen LogP contribution in [-0.4, -0.2) is 48.2 Å². The number of nitrogens with zero attached hydrogens (tertiary/aromatic N) is 6. The number of hydrogen-bond donors (Lipinski definition) is 1. The van der Waals surface area contributed by atoms with E-state index in [-0.39, 0.29) is 6.04 Å². The van der Waals surface area contributed by atoms with E-state index in [2.05, 4.69) is 25.4 Å². The van der Waals surface area contributed by atoms with Gasteiger partial charge in [0.25, 0.3) is 0 Å². The molecule has 1 N–H and O–H groups in total. The molecule has 2 aromatic heterocycles. The maximum absolute atomic E-state index is 11.1. The summed E-state index contributed by atoms with van der Waals surface area (Å²) in [7, 11) is 0. The molecule has 1 aliphatic carbocycles. The highest BCUT2D eigenvalue weighted by Gasteiger charge is 2.38. The summed E-state index contributed by atoms with van der Waals surface area (Å²) in [5.74, 6) is 1.95. The van der Waals surface area contributed by atoms with Gasteiger partial charge in [0, 0.05) is 18.5 Å². The molecule has 24 heavy (non-hydrogen) atoms. The van der Waals surface area contributed by atoms with Crippen LogP contribution >= 0.6 is 0 Å². The van der Waals surface area contributed by atoms with E-state index in [1.807, 2.05) is 20.0 Å². The third-order valence-electron chi connectivity index (χ3n) is 4.85. The molecule has 2 aliphatic rings. The van der Waals surface area contributed by atoms with Crippen molar-refractivity contribution in [2.45, 2.75) is 63.6 Å². The molecule has 0 radical (unpaired) electrons. The average molecular weight is 332 g/mol. The lowest BCUT2D eigenvalue weighted by Crippen LogP contribution is -2.46. The number of aromatic nitrogens is 5. The molecule has 1 unspecified atom stereocenters. The quantitative estimate of drug-likeness (QED) is 0.889. The third-order valence-corrected chi connectivity index (χ3v) is 4.85. The summed E-state index contributed by atoms with van der Waals surface area (Å²) in [5, 5.41) is 23.4. The molecule has 0 amide bonds. The van der Waals surface area contributed by atoms with Crippen molar-refractivity contribution >= 4 is 0 Å². The zero-order valence-corrected chi connectivity index (χ0v) is 14.2. The second-order valence-corrected chi connectivity index (χ2v) is 7.34. The first-order chi connectivity index (χ1) is 11.5. The molecule has 0 aromatic carbocycles. The van der Waals surface area contributed by atoms with Gasteiger partial charge >= 0.3 is 0 Å². The largest absolute Gasteiger partial charge is 0.382 e. The van der Waals surface area contributed by atoms with Gasteiger partial charge in [-0.1, -0.05) is 10.4 Å². The van der Waals surface area contributed by atoms with Crippen molar-refractivity contribution in [3.05, 3.63) is 23.6 Å². The molecule has 8 heteroatoms. The van der Waals surface area contributed by atoms with Crippen LogP contribution in [0.15, 0.2) is 10.7 Å². The van der Waals surface area contributed by atoms with Gasteiger partial charge in [-0.15, -0.1) is 5.10 Å². The highest BCUT2D eigenvalue weighted by molar-refractivity contribution is 5.10. The SMILES string of the molecule is CC(C)n1cc(C2(O)CCCN(Cc3nc(C4CC4)no3)C2)nn1. The van der Waals surface area contributed by atoms with E-state index in [0.29, 0.717) is 37.0 Å². The normalized spacial score (nSPS) is 25.5. The van der Waals surface area contributed by atoms with Crippen LogP contribution in [-0.2, 0) is 12.1 Å². The number of β-amino-alcohol motifs (C(OH)–C–C–N with tert-alkyl or cyclic N) is 1. The van der Waals surface area contributed by atoms with E-state index >= 15 is 0 Å². The monoisotopic (exact) mass is 332 g/mol. The van der Waals surface area contributed by atoms with E-state index < -0.39 is 5.60 Å². The number of piperidine rings is 1. The molecule has 2 aromatic rings. The van der Waals surface area contributed by atoms with Crippen LogP contribution in [0.3, 0.4) is 0 Å². The predicted octanol–water partition coefficient (Wildman–Crippen LogP) is 1.60. The second-order valence-electron chi connectivity index (χ2n) is 7.34. The molecule has 0 spiro atoms. The molecule has 3 heterocycles. The Morgan fingerprint density at radius 1 is 1.42 bits per heavy atom. The molecule has 1 aliphatic heterocycles. The van der Waals surface area contributed by atoms with Crippen LogP contribution in [0.5, 0.6) is 0 Å². The highest BCUT2D eigenvalue weighted by Crippen LogP contribution is 2.38. The maximum Gasteiger partial charge on any atom is 0.240 e. The Balaban J connectivity index is 1.45. The Hall–Kier alpha value is -1.80. The van der Waals surface area contributed by atoms with E-state index in [4.69, 9.17) is 4.52 Å². The van der Waals surface area contributed by atoms with Crippen molar-refractivity contribution in [3.63, 3.8) is 0 Å². The Morgan fingerprint density at radius 2 is 2.25 bits per heavy atom. The van der Waals surface area contributed by atoms with Gasteiger partial charge in [-0.25, -0.2) is 4.68 Å². The minimum atomic E-state index is -0.968. The molecular formula is C16H24N6O2. The Bertz CT molecular complexity index is 707. The van der Waals surface area contributed by atoms with Gasteiger partial charge in [0.2, 0.25) is 5.89 Å². The Kier molecular flexibility index (Phi) is 3.88. The third kappa shape index (κ3) is 3.08. The van der Waals surface area contributed by atoms with Crippen molar-refractivity contribution in [3.8, 4) is 0 Å². The number of likely N-dealkylation sites (tertiary alicyclic amines) is 1. The molecule has 1 atom stereocenters. The predicted molar refractivity (Wildman–Crippen MR) is 85.1 cm³/mol. The summed E-state index contributed by atoms with van der Waals surface area (Å²) in [6.07, 6.45) is 5.76. The van der Waals surface area contributed by atoms with Gasteiger partial charge in [0.05, 0.1) is 12.7 Å². The molecule has 8 nitrogen and oxygen atoms in total. The molecule has 0 bridgehead atoms. The first-order valence-electron chi connectivity index (χ1n) is 8.73. The number of aliphatic hydroxyl groups is 1. The van der Waals surface area contributed by atoms with Crippen LogP contribution in [0.25, 0.3) is 0 Å². The summed E-state index contributed by atoms with van der Waals surface area (Å²) >= 11 is 0. The summed E-state index contributed by atoms with van der Waals surface area (Å²) in [6.45, 7) is 6.07. The van der Waals surface area contributed by atoms with Crippen molar-refractivity contribution in [2.75, 3.05) is 13.1 Å².